The maximum atomic E-state index is 12.1. The average Bonchev–Trinajstić information content (AvgIpc) is 3.08. The van der Waals surface area contributed by atoms with E-state index in [9.17, 15) is 14.4 Å². The van der Waals surface area contributed by atoms with E-state index in [2.05, 4.69) is 15.8 Å². The molecule has 0 spiro atoms. The summed E-state index contributed by atoms with van der Waals surface area (Å²) in [6.07, 6.45) is 0. The first-order chi connectivity index (χ1) is 12.9. The third-order valence-electron chi connectivity index (χ3n) is 3.30. The number of hydrogen-bond donors (Lipinski definition) is 2. The molecule has 0 atom stereocenters. The van der Waals surface area contributed by atoms with Crippen molar-refractivity contribution in [1.82, 2.24) is 10.5 Å². The molecule has 2 N–H and O–H groups in total. The van der Waals surface area contributed by atoms with Gasteiger partial charge < -0.3 is 29.4 Å². The molecular formula is C17H19N3O7. The molecule has 2 aromatic rings. The van der Waals surface area contributed by atoms with Crippen LogP contribution in [0.2, 0.25) is 0 Å². The third-order valence-corrected chi connectivity index (χ3v) is 3.30. The molecule has 1 aromatic carbocycles. The number of ether oxygens (including phenoxy) is 3. The Balaban J connectivity index is 1.77. The second kappa shape index (κ2) is 9.22. The molecule has 10 heteroatoms. The van der Waals surface area contributed by atoms with E-state index in [-0.39, 0.29) is 11.4 Å². The van der Waals surface area contributed by atoms with Gasteiger partial charge in [-0.15, -0.1) is 0 Å². The van der Waals surface area contributed by atoms with Gasteiger partial charge >= 0.3 is 5.97 Å². The van der Waals surface area contributed by atoms with Crippen molar-refractivity contribution < 1.29 is 33.1 Å². The highest BCUT2D eigenvalue weighted by Crippen LogP contribution is 2.27. The van der Waals surface area contributed by atoms with Crippen LogP contribution >= 0.6 is 0 Å². The number of amides is 2. The molecule has 27 heavy (non-hydrogen) atoms. The number of aromatic nitrogens is 1. The van der Waals surface area contributed by atoms with Gasteiger partial charge in [-0.2, -0.15) is 0 Å². The summed E-state index contributed by atoms with van der Waals surface area (Å²) in [5, 5.41) is 8.37. The lowest BCUT2D eigenvalue weighted by atomic mass is 10.2. The molecule has 0 bridgehead atoms. The molecule has 1 heterocycles. The van der Waals surface area contributed by atoms with Crippen molar-refractivity contribution in [2.45, 2.75) is 6.92 Å². The predicted octanol–water partition coefficient (Wildman–Crippen LogP) is 0.912. The van der Waals surface area contributed by atoms with E-state index in [1.807, 2.05) is 0 Å². The summed E-state index contributed by atoms with van der Waals surface area (Å²) in [7, 11) is 2.93. The van der Waals surface area contributed by atoms with E-state index in [0.717, 1.165) is 0 Å². The van der Waals surface area contributed by atoms with Gasteiger partial charge in [-0.05, 0) is 25.1 Å². The number of methoxy groups -OCH3 is 2. The summed E-state index contributed by atoms with van der Waals surface area (Å²) >= 11 is 0. The molecule has 10 nitrogen and oxygen atoms in total. The smallest absolute Gasteiger partial charge is 0.325 e. The zero-order valence-corrected chi connectivity index (χ0v) is 15.0. The number of benzene rings is 1. The molecule has 0 radical (unpaired) electrons. The SMILES string of the molecule is COc1ccc(C(=O)NCC(=O)OCC(=O)Nc2cc(C)on2)cc1OC. The van der Waals surface area contributed by atoms with Gasteiger partial charge in [0.1, 0.15) is 12.3 Å². The summed E-state index contributed by atoms with van der Waals surface area (Å²) in [4.78, 5) is 35.4. The van der Waals surface area contributed by atoms with E-state index in [4.69, 9.17) is 18.7 Å². The van der Waals surface area contributed by atoms with Crippen molar-refractivity contribution in [3.63, 3.8) is 0 Å². The lowest BCUT2D eigenvalue weighted by Crippen LogP contribution is -2.32. The monoisotopic (exact) mass is 377 g/mol. The number of esters is 1. The minimum Gasteiger partial charge on any atom is -0.493 e. The maximum absolute atomic E-state index is 12.1. The van der Waals surface area contributed by atoms with Crippen LogP contribution in [0.15, 0.2) is 28.8 Å². The first kappa shape index (κ1) is 19.8. The van der Waals surface area contributed by atoms with Gasteiger partial charge in [0.05, 0.1) is 14.2 Å². The number of nitrogens with one attached hydrogen (secondary N) is 2. The van der Waals surface area contributed by atoms with Crippen LogP contribution in [0.25, 0.3) is 0 Å². The van der Waals surface area contributed by atoms with Gasteiger partial charge in [0.25, 0.3) is 11.8 Å². The minimum absolute atomic E-state index is 0.218. The molecule has 0 aliphatic heterocycles. The van der Waals surface area contributed by atoms with Crippen molar-refractivity contribution in [2.75, 3.05) is 32.7 Å². The molecular weight excluding hydrogens is 358 g/mol. The first-order valence-electron chi connectivity index (χ1n) is 7.82. The highest BCUT2D eigenvalue weighted by Gasteiger charge is 2.14. The molecule has 144 valence electrons. The van der Waals surface area contributed by atoms with Crippen molar-refractivity contribution >= 4 is 23.6 Å². The van der Waals surface area contributed by atoms with E-state index in [0.29, 0.717) is 17.3 Å². The molecule has 0 unspecified atom stereocenters. The van der Waals surface area contributed by atoms with Crippen molar-refractivity contribution in [3.8, 4) is 11.5 Å². The number of nitrogens with zero attached hydrogens (tertiary/aromatic N) is 1. The van der Waals surface area contributed by atoms with Crippen LogP contribution in [0.4, 0.5) is 5.82 Å². The fourth-order valence-electron chi connectivity index (χ4n) is 2.03. The maximum Gasteiger partial charge on any atom is 0.325 e. The second-order valence-corrected chi connectivity index (χ2v) is 5.28. The van der Waals surface area contributed by atoms with E-state index < -0.39 is 30.9 Å². The summed E-state index contributed by atoms with van der Waals surface area (Å²) in [6, 6.07) is 6.09. The van der Waals surface area contributed by atoms with Crippen LogP contribution in [0.1, 0.15) is 16.1 Å². The Morgan fingerprint density at radius 2 is 1.85 bits per heavy atom. The molecule has 0 aliphatic carbocycles. The molecule has 2 amide bonds. The standard InChI is InChI=1S/C17H19N3O7/c1-10-6-14(20-27-10)19-15(21)9-26-16(22)8-18-17(23)11-4-5-12(24-2)13(7-11)25-3/h4-7H,8-9H2,1-3H3,(H,18,23)(H,19,20,21). The highest BCUT2D eigenvalue weighted by atomic mass is 16.5. The van der Waals surface area contributed by atoms with Crippen LogP contribution < -0.4 is 20.1 Å². The molecule has 2 rings (SSSR count). The zero-order valence-electron chi connectivity index (χ0n) is 15.0. The number of carbonyl (C=O) groups excluding carboxylic acids is 3. The Labute approximate surface area is 154 Å². The van der Waals surface area contributed by atoms with Gasteiger partial charge in [0, 0.05) is 11.6 Å². The number of hydrogen-bond acceptors (Lipinski definition) is 8. The van der Waals surface area contributed by atoms with Gasteiger partial charge in [0.2, 0.25) is 0 Å². The number of carbonyl (C=O) groups is 3. The van der Waals surface area contributed by atoms with E-state index in [1.54, 1.807) is 13.0 Å². The van der Waals surface area contributed by atoms with E-state index >= 15 is 0 Å². The van der Waals surface area contributed by atoms with Gasteiger partial charge in [0.15, 0.2) is 23.9 Å². The Kier molecular flexibility index (Phi) is 6.75. The number of rotatable bonds is 8. The van der Waals surface area contributed by atoms with Crippen LogP contribution in [-0.4, -0.2) is 50.3 Å². The molecule has 0 fully saturated rings. The van der Waals surface area contributed by atoms with Crippen LogP contribution in [0.5, 0.6) is 11.5 Å². The summed E-state index contributed by atoms with van der Waals surface area (Å²) in [5.41, 5.74) is 0.277. The summed E-state index contributed by atoms with van der Waals surface area (Å²) in [5.74, 6) is -0.252. The van der Waals surface area contributed by atoms with Crippen LogP contribution in [0.3, 0.4) is 0 Å². The summed E-state index contributed by atoms with van der Waals surface area (Å²) in [6.45, 7) is 0.754. The largest absolute Gasteiger partial charge is 0.493 e. The quantitative estimate of drug-likeness (QED) is 0.650. The van der Waals surface area contributed by atoms with Crippen LogP contribution in [0, 0.1) is 6.92 Å². The first-order valence-corrected chi connectivity index (χ1v) is 7.82. The topological polar surface area (TPSA) is 129 Å². The lowest BCUT2D eigenvalue weighted by molar-refractivity contribution is -0.146. The molecule has 1 aromatic heterocycles. The summed E-state index contributed by atoms with van der Waals surface area (Å²) < 4.78 is 19.8. The Morgan fingerprint density at radius 3 is 2.48 bits per heavy atom. The second-order valence-electron chi connectivity index (χ2n) is 5.28. The predicted molar refractivity (Wildman–Crippen MR) is 92.7 cm³/mol. The van der Waals surface area contributed by atoms with Crippen molar-refractivity contribution in [3.05, 3.63) is 35.6 Å². The Morgan fingerprint density at radius 1 is 1.11 bits per heavy atom. The number of anilines is 1. The average molecular weight is 377 g/mol. The normalized spacial score (nSPS) is 10.0. The van der Waals surface area contributed by atoms with Crippen molar-refractivity contribution in [1.29, 1.82) is 0 Å². The van der Waals surface area contributed by atoms with Crippen LogP contribution in [-0.2, 0) is 14.3 Å². The lowest BCUT2D eigenvalue weighted by Gasteiger charge is -2.10. The third kappa shape index (κ3) is 5.73. The fourth-order valence-corrected chi connectivity index (χ4v) is 2.03. The molecule has 0 aliphatic rings. The van der Waals surface area contributed by atoms with Gasteiger partial charge in [-0.1, -0.05) is 5.16 Å². The Hall–Kier alpha value is -3.56. The highest BCUT2D eigenvalue weighted by molar-refractivity contribution is 5.97. The Bertz CT molecular complexity index is 832. The van der Waals surface area contributed by atoms with Gasteiger partial charge in [-0.3, -0.25) is 14.4 Å². The minimum atomic E-state index is -0.768. The van der Waals surface area contributed by atoms with Crippen molar-refractivity contribution in [2.24, 2.45) is 0 Å². The molecule has 0 saturated carbocycles. The fraction of sp³-hybridized carbons (Fsp3) is 0.294. The number of aryl methyl sites for hydroxylation is 1. The molecule has 0 saturated heterocycles. The van der Waals surface area contributed by atoms with E-state index in [1.165, 1.54) is 32.4 Å². The van der Waals surface area contributed by atoms with Gasteiger partial charge in [-0.25, -0.2) is 0 Å². The zero-order chi connectivity index (χ0) is 19.8.